The molecule has 1 N–H and O–H groups in total. The van der Waals surface area contributed by atoms with Gasteiger partial charge in [0.2, 0.25) is 0 Å². The fraction of sp³-hybridized carbons (Fsp3) is 0.143. The van der Waals surface area contributed by atoms with E-state index < -0.39 is 6.30 Å². The fourth-order valence-electron chi connectivity index (χ4n) is 0.746. The summed E-state index contributed by atoms with van der Waals surface area (Å²) in [5, 5.41) is 1.44. The smallest absolute Gasteiger partial charge is 0.296 e. The van der Waals surface area contributed by atoms with Crippen LogP contribution < -0.4 is 5.32 Å². The van der Waals surface area contributed by atoms with Gasteiger partial charge >= 0.3 is 6.30 Å². The molecule has 6 heteroatoms. The Balaban J connectivity index is 2.94. The van der Waals surface area contributed by atoms with Crippen molar-refractivity contribution in [1.82, 2.24) is 0 Å². The van der Waals surface area contributed by atoms with Crippen LogP contribution in [0.25, 0.3) is 0 Å². The molecule has 72 valence electrons. The van der Waals surface area contributed by atoms with E-state index in [0.29, 0.717) is 0 Å². The summed E-state index contributed by atoms with van der Waals surface area (Å²) in [4.78, 5) is 0. The second-order valence-corrected chi connectivity index (χ2v) is 3.09. The largest absolute Gasteiger partial charge is 0.482 e. The van der Waals surface area contributed by atoms with Gasteiger partial charge in [-0.3, -0.25) is 5.32 Å². The zero-order chi connectivity index (χ0) is 10.1. The maximum atomic E-state index is 11.8. The first-order valence-electron chi connectivity index (χ1n) is 3.18. The quantitative estimate of drug-likeness (QED) is 0.720. The third-order valence-electron chi connectivity index (χ3n) is 1.20. The number of alkyl halides is 3. The molecule has 0 unspecified atom stereocenters. The van der Waals surface area contributed by atoms with E-state index in [1.54, 1.807) is 0 Å². The van der Waals surface area contributed by atoms with E-state index in [-0.39, 0.29) is 15.7 Å². The van der Waals surface area contributed by atoms with Crippen LogP contribution in [0.3, 0.4) is 0 Å². The van der Waals surface area contributed by atoms with Crippen LogP contribution in [0.5, 0.6) is 0 Å². The summed E-state index contributed by atoms with van der Waals surface area (Å²) in [5.74, 6) is 0. The van der Waals surface area contributed by atoms with Crippen LogP contribution in [0.4, 0.5) is 18.9 Å². The normalized spacial score (nSPS) is 11.5. The molecule has 0 aliphatic carbocycles. The third-order valence-corrected chi connectivity index (χ3v) is 1.77. The highest BCUT2D eigenvalue weighted by atomic mass is 35.5. The molecule has 13 heavy (non-hydrogen) atoms. The maximum absolute atomic E-state index is 11.8. The standard InChI is InChI=1S/C7H4Cl2F3N/c8-4-1-2-5(9)6(3-4)13-7(10,11)12/h1-3,13H. The summed E-state index contributed by atoms with van der Waals surface area (Å²) < 4.78 is 35.5. The van der Waals surface area contributed by atoms with Gasteiger partial charge < -0.3 is 0 Å². The summed E-state index contributed by atoms with van der Waals surface area (Å²) in [6.07, 6.45) is -4.51. The van der Waals surface area contributed by atoms with Crippen molar-refractivity contribution in [3.05, 3.63) is 28.2 Å². The fourth-order valence-corrected chi connectivity index (χ4v) is 1.08. The highest BCUT2D eigenvalue weighted by Crippen LogP contribution is 2.29. The van der Waals surface area contributed by atoms with Crippen LogP contribution in [0.1, 0.15) is 0 Å². The van der Waals surface area contributed by atoms with Crippen molar-refractivity contribution in [2.75, 3.05) is 5.32 Å². The van der Waals surface area contributed by atoms with Crippen molar-refractivity contribution in [2.24, 2.45) is 0 Å². The van der Waals surface area contributed by atoms with E-state index in [4.69, 9.17) is 23.2 Å². The Morgan fingerprint density at radius 3 is 2.31 bits per heavy atom. The molecule has 0 spiro atoms. The van der Waals surface area contributed by atoms with E-state index in [0.717, 1.165) is 6.07 Å². The molecule has 0 amide bonds. The SMILES string of the molecule is FC(F)(F)Nc1cc(Cl)ccc1Cl. The van der Waals surface area contributed by atoms with Crippen molar-refractivity contribution in [2.45, 2.75) is 6.30 Å². The van der Waals surface area contributed by atoms with Gasteiger partial charge in [-0.15, -0.1) is 0 Å². The monoisotopic (exact) mass is 229 g/mol. The van der Waals surface area contributed by atoms with Crippen molar-refractivity contribution in [3.63, 3.8) is 0 Å². The van der Waals surface area contributed by atoms with Gasteiger partial charge in [0.1, 0.15) is 0 Å². The third kappa shape index (κ3) is 3.32. The Morgan fingerprint density at radius 1 is 1.15 bits per heavy atom. The summed E-state index contributed by atoms with van der Waals surface area (Å²) in [6.45, 7) is 0. The van der Waals surface area contributed by atoms with Crippen LogP contribution in [-0.4, -0.2) is 6.30 Å². The first kappa shape index (κ1) is 10.5. The van der Waals surface area contributed by atoms with Gasteiger partial charge in [0, 0.05) is 5.02 Å². The molecule has 0 fully saturated rings. The molecule has 0 aromatic heterocycles. The van der Waals surface area contributed by atoms with Crippen LogP contribution in [0.15, 0.2) is 18.2 Å². The van der Waals surface area contributed by atoms with E-state index >= 15 is 0 Å². The summed E-state index contributed by atoms with van der Waals surface area (Å²) in [6, 6.07) is 3.81. The summed E-state index contributed by atoms with van der Waals surface area (Å²) in [7, 11) is 0. The van der Waals surface area contributed by atoms with Crippen LogP contribution in [0, 0.1) is 0 Å². The number of hydrogen-bond acceptors (Lipinski definition) is 1. The second kappa shape index (κ2) is 3.64. The zero-order valence-electron chi connectivity index (χ0n) is 6.12. The van der Waals surface area contributed by atoms with Crippen molar-refractivity contribution in [3.8, 4) is 0 Å². The summed E-state index contributed by atoms with van der Waals surface area (Å²) >= 11 is 11.0. The predicted molar refractivity (Wildman–Crippen MR) is 46.1 cm³/mol. The molecule has 0 bridgehead atoms. The molecule has 1 aromatic carbocycles. The minimum atomic E-state index is -4.51. The highest BCUT2D eigenvalue weighted by Gasteiger charge is 2.27. The molecule has 0 saturated heterocycles. The molecule has 0 aliphatic heterocycles. The summed E-state index contributed by atoms with van der Waals surface area (Å²) in [5.41, 5.74) is -0.248. The zero-order valence-corrected chi connectivity index (χ0v) is 7.63. The lowest BCUT2D eigenvalue weighted by atomic mass is 10.3. The van der Waals surface area contributed by atoms with Crippen LogP contribution >= 0.6 is 23.2 Å². The van der Waals surface area contributed by atoms with Gasteiger partial charge in [0.25, 0.3) is 0 Å². The lowest BCUT2D eigenvalue weighted by Gasteiger charge is -2.11. The molecule has 0 atom stereocenters. The molecule has 0 radical (unpaired) electrons. The highest BCUT2D eigenvalue weighted by molar-refractivity contribution is 6.35. The molecule has 1 rings (SSSR count). The van der Waals surface area contributed by atoms with Gasteiger partial charge in [-0.25, -0.2) is 0 Å². The number of hydrogen-bond donors (Lipinski definition) is 1. The number of halogens is 5. The molecule has 0 saturated carbocycles. The van der Waals surface area contributed by atoms with E-state index in [1.807, 2.05) is 0 Å². The van der Waals surface area contributed by atoms with Crippen molar-refractivity contribution < 1.29 is 13.2 Å². The van der Waals surface area contributed by atoms with Crippen LogP contribution in [0.2, 0.25) is 10.0 Å². The average molecular weight is 230 g/mol. The molecule has 0 aliphatic rings. The van der Waals surface area contributed by atoms with Crippen molar-refractivity contribution in [1.29, 1.82) is 0 Å². The molecular weight excluding hydrogens is 226 g/mol. The number of benzene rings is 1. The van der Waals surface area contributed by atoms with Gasteiger partial charge in [-0.2, -0.15) is 13.2 Å². The molecule has 0 heterocycles. The Bertz CT molecular complexity index is 311. The van der Waals surface area contributed by atoms with Crippen molar-refractivity contribution >= 4 is 28.9 Å². The minimum Gasteiger partial charge on any atom is -0.296 e. The van der Waals surface area contributed by atoms with E-state index in [1.165, 1.54) is 17.4 Å². The van der Waals surface area contributed by atoms with Gasteiger partial charge in [-0.1, -0.05) is 23.2 Å². The first-order valence-corrected chi connectivity index (χ1v) is 3.94. The number of anilines is 1. The Morgan fingerprint density at radius 2 is 1.77 bits per heavy atom. The number of nitrogens with one attached hydrogen (secondary N) is 1. The predicted octanol–water partition coefficient (Wildman–Crippen LogP) is 3.93. The lowest BCUT2D eigenvalue weighted by molar-refractivity contribution is -0.0999. The second-order valence-electron chi connectivity index (χ2n) is 2.25. The van der Waals surface area contributed by atoms with Crippen LogP contribution in [-0.2, 0) is 0 Å². The Hall–Kier alpha value is -0.610. The lowest BCUT2D eigenvalue weighted by Crippen LogP contribution is -2.20. The van der Waals surface area contributed by atoms with E-state index in [2.05, 4.69) is 0 Å². The van der Waals surface area contributed by atoms with Gasteiger partial charge in [0.05, 0.1) is 10.7 Å². The topological polar surface area (TPSA) is 12.0 Å². The minimum absolute atomic E-state index is 0.0262. The van der Waals surface area contributed by atoms with Gasteiger partial charge in [0.15, 0.2) is 0 Å². The maximum Gasteiger partial charge on any atom is 0.482 e. The number of rotatable bonds is 1. The first-order chi connectivity index (χ1) is 5.88. The van der Waals surface area contributed by atoms with Gasteiger partial charge in [-0.05, 0) is 18.2 Å². The van der Waals surface area contributed by atoms with E-state index in [9.17, 15) is 13.2 Å². The molecule has 1 aromatic rings. The molecular formula is C7H4Cl2F3N. The average Bonchev–Trinajstić information content (AvgIpc) is 1.94. The molecule has 1 nitrogen and oxygen atoms in total. The Kier molecular flexibility index (Phi) is 2.93. The Labute approximate surface area is 82.4 Å².